The van der Waals surface area contributed by atoms with Crippen LogP contribution >= 0.6 is 0 Å². The van der Waals surface area contributed by atoms with Crippen molar-refractivity contribution >= 4 is 17.3 Å². The predicted molar refractivity (Wildman–Crippen MR) is 74.0 cm³/mol. The van der Waals surface area contributed by atoms with Gasteiger partial charge in [0.2, 0.25) is 0 Å². The van der Waals surface area contributed by atoms with Crippen molar-refractivity contribution in [2.75, 3.05) is 12.8 Å². The molecule has 1 unspecified atom stereocenters. The van der Waals surface area contributed by atoms with Crippen molar-refractivity contribution in [1.29, 1.82) is 0 Å². The fourth-order valence-electron chi connectivity index (χ4n) is 1.85. The lowest BCUT2D eigenvalue weighted by molar-refractivity contribution is -0.383. The molecule has 1 aromatic carbocycles. The number of carbonyl (C=O) groups excluding carboxylic acids is 1. The molecule has 6 heteroatoms. The zero-order valence-corrected chi connectivity index (χ0v) is 11.4. The maximum Gasteiger partial charge on any atom is 0.292 e. The van der Waals surface area contributed by atoms with Gasteiger partial charge in [0, 0.05) is 24.7 Å². The Kier molecular flexibility index (Phi) is 4.86. The fraction of sp³-hybridized carbons (Fsp3) is 0.462. The first kappa shape index (κ1) is 14.9. The third kappa shape index (κ3) is 3.43. The largest absolute Gasteiger partial charge is 0.393 e. The highest BCUT2D eigenvalue weighted by Crippen LogP contribution is 2.23. The van der Waals surface area contributed by atoms with Gasteiger partial charge in [-0.1, -0.05) is 13.3 Å². The molecule has 0 bridgehead atoms. The number of nitro groups is 1. The predicted octanol–water partition coefficient (Wildman–Crippen LogP) is 2.44. The number of hydrogen-bond donors (Lipinski definition) is 1. The number of carbonyl (C=O) groups is 1. The molecule has 2 N–H and O–H groups in total. The van der Waals surface area contributed by atoms with Crippen LogP contribution < -0.4 is 5.73 Å². The average molecular weight is 265 g/mol. The smallest absolute Gasteiger partial charge is 0.292 e. The molecule has 19 heavy (non-hydrogen) atoms. The molecule has 0 fully saturated rings. The summed E-state index contributed by atoms with van der Waals surface area (Å²) in [5.74, 6) is -0.232. The molecular formula is C13H19N3O3. The summed E-state index contributed by atoms with van der Waals surface area (Å²) in [5.41, 5.74) is 5.62. The quantitative estimate of drug-likeness (QED) is 0.503. The Morgan fingerprint density at radius 3 is 2.68 bits per heavy atom. The van der Waals surface area contributed by atoms with Gasteiger partial charge in [0.15, 0.2) is 0 Å². The van der Waals surface area contributed by atoms with E-state index in [0.29, 0.717) is 0 Å². The summed E-state index contributed by atoms with van der Waals surface area (Å²) in [6, 6.07) is 4.23. The number of anilines is 1. The first-order valence-electron chi connectivity index (χ1n) is 6.19. The number of nitrogen functional groups attached to an aromatic ring is 1. The minimum Gasteiger partial charge on any atom is -0.393 e. The standard InChI is InChI=1S/C13H19N3O3/c1-4-5-9(2)15(3)13(17)10-6-7-11(14)12(8-10)16(18)19/h6-9H,4-5,14H2,1-3H3. The van der Waals surface area contributed by atoms with Crippen molar-refractivity contribution in [3.63, 3.8) is 0 Å². The summed E-state index contributed by atoms with van der Waals surface area (Å²) >= 11 is 0. The number of benzene rings is 1. The van der Waals surface area contributed by atoms with E-state index in [1.807, 2.05) is 13.8 Å². The second-order valence-electron chi connectivity index (χ2n) is 4.58. The fourth-order valence-corrected chi connectivity index (χ4v) is 1.85. The molecule has 0 aliphatic heterocycles. The van der Waals surface area contributed by atoms with E-state index in [-0.39, 0.29) is 28.9 Å². The van der Waals surface area contributed by atoms with Crippen molar-refractivity contribution in [3.05, 3.63) is 33.9 Å². The molecule has 1 atom stereocenters. The molecule has 104 valence electrons. The lowest BCUT2D eigenvalue weighted by Crippen LogP contribution is -2.35. The number of amides is 1. The van der Waals surface area contributed by atoms with Gasteiger partial charge < -0.3 is 10.6 Å². The molecular weight excluding hydrogens is 246 g/mol. The number of rotatable bonds is 5. The second-order valence-corrected chi connectivity index (χ2v) is 4.58. The Morgan fingerprint density at radius 1 is 1.53 bits per heavy atom. The highest BCUT2D eigenvalue weighted by atomic mass is 16.6. The lowest BCUT2D eigenvalue weighted by Gasteiger charge is -2.24. The average Bonchev–Trinajstić information content (AvgIpc) is 2.37. The number of nitro benzene ring substituents is 1. The van der Waals surface area contributed by atoms with Crippen LogP contribution in [0.1, 0.15) is 37.0 Å². The number of nitrogens with two attached hydrogens (primary N) is 1. The van der Waals surface area contributed by atoms with Gasteiger partial charge in [-0.05, 0) is 25.5 Å². The van der Waals surface area contributed by atoms with Crippen molar-refractivity contribution in [1.82, 2.24) is 4.90 Å². The van der Waals surface area contributed by atoms with E-state index in [2.05, 4.69) is 0 Å². The molecule has 0 spiro atoms. The molecule has 0 aliphatic carbocycles. The van der Waals surface area contributed by atoms with E-state index in [4.69, 9.17) is 5.73 Å². The van der Waals surface area contributed by atoms with Crippen molar-refractivity contribution in [2.24, 2.45) is 0 Å². The third-order valence-electron chi connectivity index (χ3n) is 3.16. The van der Waals surface area contributed by atoms with Crippen molar-refractivity contribution < 1.29 is 9.72 Å². The topological polar surface area (TPSA) is 89.5 Å². The molecule has 1 rings (SSSR count). The van der Waals surface area contributed by atoms with E-state index in [1.54, 1.807) is 11.9 Å². The minimum atomic E-state index is -0.582. The van der Waals surface area contributed by atoms with Crippen LogP contribution in [0.3, 0.4) is 0 Å². The van der Waals surface area contributed by atoms with Gasteiger partial charge in [-0.25, -0.2) is 0 Å². The van der Waals surface area contributed by atoms with Crippen LogP contribution in [0.4, 0.5) is 11.4 Å². The summed E-state index contributed by atoms with van der Waals surface area (Å²) in [6.07, 6.45) is 1.86. The Hall–Kier alpha value is -2.11. The van der Waals surface area contributed by atoms with Gasteiger partial charge in [0.25, 0.3) is 11.6 Å². The van der Waals surface area contributed by atoms with E-state index >= 15 is 0 Å². The van der Waals surface area contributed by atoms with Crippen LogP contribution in [-0.4, -0.2) is 28.8 Å². The zero-order chi connectivity index (χ0) is 14.6. The first-order chi connectivity index (χ1) is 8.88. The van der Waals surface area contributed by atoms with Crippen LogP contribution in [0.15, 0.2) is 18.2 Å². The van der Waals surface area contributed by atoms with Crippen LogP contribution in [0.2, 0.25) is 0 Å². The summed E-state index contributed by atoms with van der Waals surface area (Å²) in [4.78, 5) is 24.0. The molecule has 0 radical (unpaired) electrons. The molecule has 0 saturated carbocycles. The minimum absolute atomic E-state index is 0.0609. The Labute approximate surface area is 112 Å². The SMILES string of the molecule is CCCC(C)N(C)C(=O)c1ccc(N)c([N+](=O)[O-])c1. The lowest BCUT2D eigenvalue weighted by atomic mass is 10.1. The van der Waals surface area contributed by atoms with E-state index in [9.17, 15) is 14.9 Å². The molecule has 0 saturated heterocycles. The Bertz CT molecular complexity index is 488. The summed E-state index contributed by atoms with van der Waals surface area (Å²) in [5, 5.41) is 10.8. The summed E-state index contributed by atoms with van der Waals surface area (Å²) in [7, 11) is 1.70. The molecule has 1 amide bonds. The highest BCUT2D eigenvalue weighted by Gasteiger charge is 2.20. The van der Waals surface area contributed by atoms with Gasteiger partial charge in [-0.15, -0.1) is 0 Å². The summed E-state index contributed by atoms with van der Waals surface area (Å²) in [6.45, 7) is 4.00. The van der Waals surface area contributed by atoms with E-state index in [1.165, 1.54) is 18.2 Å². The molecule has 6 nitrogen and oxygen atoms in total. The summed E-state index contributed by atoms with van der Waals surface area (Å²) < 4.78 is 0. The monoisotopic (exact) mass is 265 g/mol. The van der Waals surface area contributed by atoms with E-state index in [0.717, 1.165) is 12.8 Å². The van der Waals surface area contributed by atoms with Gasteiger partial charge >= 0.3 is 0 Å². The zero-order valence-electron chi connectivity index (χ0n) is 11.4. The Balaban J connectivity index is 3.00. The first-order valence-corrected chi connectivity index (χ1v) is 6.19. The van der Waals surface area contributed by atoms with Crippen molar-refractivity contribution in [3.8, 4) is 0 Å². The van der Waals surface area contributed by atoms with Gasteiger partial charge in [0.05, 0.1) is 4.92 Å². The third-order valence-corrected chi connectivity index (χ3v) is 3.16. The number of hydrogen-bond acceptors (Lipinski definition) is 4. The maximum atomic E-state index is 12.2. The molecule has 1 aromatic rings. The van der Waals surface area contributed by atoms with Gasteiger partial charge in [-0.3, -0.25) is 14.9 Å². The van der Waals surface area contributed by atoms with Crippen molar-refractivity contribution in [2.45, 2.75) is 32.7 Å². The van der Waals surface area contributed by atoms with Crippen LogP contribution in [0, 0.1) is 10.1 Å². The highest BCUT2D eigenvalue weighted by molar-refractivity contribution is 5.95. The normalized spacial score (nSPS) is 11.9. The number of nitrogens with zero attached hydrogens (tertiary/aromatic N) is 2. The van der Waals surface area contributed by atoms with E-state index < -0.39 is 4.92 Å². The van der Waals surface area contributed by atoms with Crippen LogP contribution in [-0.2, 0) is 0 Å². The maximum absolute atomic E-state index is 12.2. The van der Waals surface area contributed by atoms with Crippen LogP contribution in [0.5, 0.6) is 0 Å². The Morgan fingerprint density at radius 2 is 2.16 bits per heavy atom. The molecule has 0 aromatic heterocycles. The molecule has 0 aliphatic rings. The van der Waals surface area contributed by atoms with Gasteiger partial charge in [0.1, 0.15) is 5.69 Å². The van der Waals surface area contributed by atoms with Crippen LogP contribution in [0.25, 0.3) is 0 Å². The van der Waals surface area contributed by atoms with Gasteiger partial charge in [-0.2, -0.15) is 0 Å². The second kappa shape index (κ2) is 6.17. The molecule has 0 heterocycles.